The van der Waals surface area contributed by atoms with Crippen molar-refractivity contribution >= 4 is 27.6 Å². The fraction of sp³-hybridized carbons (Fsp3) is 0.158. The van der Waals surface area contributed by atoms with Crippen LogP contribution in [0.1, 0.15) is 25.0 Å². The Morgan fingerprint density at radius 2 is 1.58 bits per heavy atom. The third kappa shape index (κ3) is 1.84. The molecule has 0 aliphatic heterocycles. The van der Waals surface area contributed by atoms with E-state index in [-0.39, 0.29) is 7.43 Å². The minimum atomic E-state index is 0. The van der Waals surface area contributed by atoms with E-state index in [1.807, 2.05) is 0 Å². The predicted molar refractivity (Wildman–Crippen MR) is 85.5 cm³/mol. The Balaban J connectivity index is 0.00000110. The molecule has 0 atom stereocenters. The van der Waals surface area contributed by atoms with Gasteiger partial charge in [0.1, 0.15) is 0 Å². The van der Waals surface area contributed by atoms with E-state index in [2.05, 4.69) is 60.7 Å². The molecule has 0 spiro atoms. The molecule has 0 unspecified atom stereocenters. The molecule has 1 aliphatic carbocycles. The van der Waals surface area contributed by atoms with E-state index < -0.39 is 0 Å². The van der Waals surface area contributed by atoms with Gasteiger partial charge in [-0.05, 0) is 57.6 Å². The molecule has 0 saturated carbocycles. The second-order valence-electron chi connectivity index (χ2n) is 5.00. The highest BCUT2D eigenvalue weighted by atomic mass is 14.1. The fourth-order valence-corrected chi connectivity index (χ4v) is 2.94. The average Bonchev–Trinajstić information content (AvgIpc) is 2.45. The van der Waals surface area contributed by atoms with Crippen molar-refractivity contribution < 1.29 is 0 Å². The van der Waals surface area contributed by atoms with E-state index in [1.165, 1.54) is 45.5 Å². The van der Waals surface area contributed by atoms with Crippen LogP contribution in [0.5, 0.6) is 0 Å². The molecule has 4 rings (SSSR count). The predicted octanol–water partition coefficient (Wildman–Crippen LogP) is 5.59. The molecule has 0 N–H and O–H groups in total. The molecule has 0 aromatic heterocycles. The van der Waals surface area contributed by atoms with Gasteiger partial charge in [0.15, 0.2) is 0 Å². The smallest absolute Gasteiger partial charge is 0.0102 e. The normalized spacial score (nSPS) is 13.3. The molecule has 0 fully saturated rings. The van der Waals surface area contributed by atoms with Crippen molar-refractivity contribution in [1.82, 2.24) is 0 Å². The molecule has 94 valence electrons. The molecule has 0 heteroatoms. The number of fused-ring (bicyclic) bond motifs is 4. The van der Waals surface area contributed by atoms with Gasteiger partial charge in [0.2, 0.25) is 0 Å². The van der Waals surface area contributed by atoms with E-state index in [4.69, 9.17) is 0 Å². The maximum atomic E-state index is 2.33. The van der Waals surface area contributed by atoms with E-state index in [0.717, 1.165) is 0 Å². The number of benzene rings is 3. The quantitative estimate of drug-likeness (QED) is 0.454. The Bertz CT molecular complexity index is 778. The van der Waals surface area contributed by atoms with Crippen LogP contribution in [0.2, 0.25) is 0 Å². The van der Waals surface area contributed by atoms with Gasteiger partial charge in [-0.25, -0.2) is 0 Å². The number of rotatable bonds is 0. The van der Waals surface area contributed by atoms with Crippen molar-refractivity contribution in [2.75, 3.05) is 0 Å². The monoisotopic (exact) mass is 246 g/mol. The van der Waals surface area contributed by atoms with Crippen LogP contribution < -0.4 is 0 Å². The van der Waals surface area contributed by atoms with Crippen LogP contribution in [-0.4, -0.2) is 0 Å². The molecule has 0 heterocycles. The summed E-state index contributed by atoms with van der Waals surface area (Å²) in [7, 11) is 0. The molecule has 0 nitrogen and oxygen atoms in total. The molecule has 3 aromatic rings. The van der Waals surface area contributed by atoms with Crippen LogP contribution in [-0.2, 0) is 6.42 Å². The lowest BCUT2D eigenvalue weighted by atomic mass is 9.91. The molecule has 3 aromatic carbocycles. The lowest BCUT2D eigenvalue weighted by Gasteiger charge is -2.14. The average molecular weight is 246 g/mol. The summed E-state index contributed by atoms with van der Waals surface area (Å²) in [6.07, 6.45) is 6.92. The highest BCUT2D eigenvalue weighted by Gasteiger charge is 2.08. The summed E-state index contributed by atoms with van der Waals surface area (Å²) < 4.78 is 0. The Morgan fingerprint density at radius 3 is 2.42 bits per heavy atom. The van der Waals surface area contributed by atoms with Crippen molar-refractivity contribution in [2.45, 2.75) is 20.3 Å². The van der Waals surface area contributed by atoms with Crippen molar-refractivity contribution in [3.8, 4) is 0 Å². The third-order valence-corrected chi connectivity index (χ3v) is 3.88. The third-order valence-electron chi connectivity index (χ3n) is 3.88. The summed E-state index contributed by atoms with van der Waals surface area (Å²) in [5, 5.41) is 5.39. The molecular formula is C19H18. The lowest BCUT2D eigenvalue weighted by Crippen LogP contribution is -1.94. The summed E-state index contributed by atoms with van der Waals surface area (Å²) in [5.74, 6) is 0. The minimum absolute atomic E-state index is 0. The van der Waals surface area contributed by atoms with Gasteiger partial charge in [-0.3, -0.25) is 0 Å². The van der Waals surface area contributed by atoms with Gasteiger partial charge in [-0.15, -0.1) is 0 Å². The topological polar surface area (TPSA) is 0 Å². The Hall–Kier alpha value is -2.08. The van der Waals surface area contributed by atoms with Crippen LogP contribution in [0, 0.1) is 0 Å². The van der Waals surface area contributed by atoms with Gasteiger partial charge in [-0.2, -0.15) is 0 Å². The molecule has 0 radical (unpaired) electrons. The minimum Gasteiger partial charge on any atom is -0.0836 e. The van der Waals surface area contributed by atoms with Gasteiger partial charge in [-0.1, -0.05) is 56.0 Å². The van der Waals surface area contributed by atoms with Gasteiger partial charge in [0.05, 0.1) is 0 Å². The highest BCUT2D eigenvalue weighted by molar-refractivity contribution is 6.02. The van der Waals surface area contributed by atoms with Crippen molar-refractivity contribution in [3.63, 3.8) is 0 Å². The van der Waals surface area contributed by atoms with E-state index in [0.29, 0.717) is 0 Å². The lowest BCUT2D eigenvalue weighted by molar-refractivity contribution is 0.990. The van der Waals surface area contributed by atoms with Crippen LogP contribution in [0.25, 0.3) is 27.6 Å². The molecule has 0 bridgehead atoms. The first kappa shape index (κ1) is 12.0. The summed E-state index contributed by atoms with van der Waals surface area (Å²) >= 11 is 0. The van der Waals surface area contributed by atoms with Gasteiger partial charge in [0.25, 0.3) is 0 Å². The molecule has 0 saturated heterocycles. The van der Waals surface area contributed by atoms with Gasteiger partial charge in [0, 0.05) is 0 Å². The van der Waals surface area contributed by atoms with E-state index in [1.54, 1.807) is 0 Å². The first-order chi connectivity index (χ1) is 8.92. The molecule has 1 aliphatic rings. The Kier molecular flexibility index (Phi) is 2.87. The van der Waals surface area contributed by atoms with Crippen molar-refractivity contribution in [3.05, 3.63) is 65.7 Å². The maximum Gasteiger partial charge on any atom is -0.0102 e. The van der Waals surface area contributed by atoms with Gasteiger partial charge >= 0.3 is 0 Å². The van der Waals surface area contributed by atoms with Crippen LogP contribution >= 0.6 is 0 Å². The Labute approximate surface area is 114 Å². The number of hydrogen-bond acceptors (Lipinski definition) is 0. The number of aryl methyl sites for hydroxylation is 1. The zero-order valence-electron chi connectivity index (χ0n) is 10.2. The number of hydrogen-bond donors (Lipinski definition) is 0. The second-order valence-corrected chi connectivity index (χ2v) is 5.00. The van der Waals surface area contributed by atoms with E-state index >= 15 is 0 Å². The number of allylic oxidation sites excluding steroid dienone is 1. The second kappa shape index (κ2) is 4.55. The molecule has 0 amide bonds. The summed E-state index contributed by atoms with van der Waals surface area (Å²) in [5.41, 5.74) is 2.91. The molecular weight excluding hydrogens is 228 g/mol. The SMILES string of the molecule is C.C1=Cc2c(ccc3cc4ccccc4cc23)CC1. The van der Waals surface area contributed by atoms with Crippen LogP contribution in [0.15, 0.2) is 54.6 Å². The maximum absolute atomic E-state index is 2.33. The van der Waals surface area contributed by atoms with Gasteiger partial charge < -0.3 is 0 Å². The summed E-state index contributed by atoms with van der Waals surface area (Å²) in [4.78, 5) is 0. The Morgan fingerprint density at radius 1 is 0.789 bits per heavy atom. The van der Waals surface area contributed by atoms with Crippen molar-refractivity contribution in [2.24, 2.45) is 0 Å². The first-order valence-corrected chi connectivity index (χ1v) is 6.53. The fourth-order valence-electron chi connectivity index (χ4n) is 2.94. The van der Waals surface area contributed by atoms with E-state index in [9.17, 15) is 0 Å². The standard InChI is InChI=1S/C18H14.CH4/c1-2-7-15-12-18-16(11-14(15)6-1)10-9-13-5-3-4-8-17(13)18;/h1-2,4,6-12H,3,5H2;1H4. The summed E-state index contributed by atoms with van der Waals surface area (Å²) in [6, 6.07) is 17.8. The first-order valence-electron chi connectivity index (χ1n) is 6.53. The summed E-state index contributed by atoms with van der Waals surface area (Å²) in [6.45, 7) is 0. The highest BCUT2D eigenvalue weighted by Crippen LogP contribution is 2.31. The van der Waals surface area contributed by atoms with Crippen LogP contribution in [0.3, 0.4) is 0 Å². The zero-order chi connectivity index (χ0) is 11.9. The zero-order valence-corrected chi connectivity index (χ0v) is 10.2. The van der Waals surface area contributed by atoms with Crippen LogP contribution in [0.4, 0.5) is 0 Å². The molecule has 19 heavy (non-hydrogen) atoms. The van der Waals surface area contributed by atoms with Crippen molar-refractivity contribution in [1.29, 1.82) is 0 Å². The largest absolute Gasteiger partial charge is 0.0836 e.